The lowest BCUT2D eigenvalue weighted by molar-refractivity contribution is -0.152. The van der Waals surface area contributed by atoms with E-state index in [1.807, 2.05) is 20.8 Å². The lowest BCUT2D eigenvalue weighted by Crippen LogP contribution is -2.60. The Morgan fingerprint density at radius 1 is 1.05 bits per heavy atom. The second-order valence-electron chi connectivity index (χ2n) is 12.0. The molecule has 3 fully saturated rings. The van der Waals surface area contributed by atoms with Crippen LogP contribution < -0.4 is 10.6 Å². The van der Waals surface area contributed by atoms with Crippen molar-refractivity contribution < 1.29 is 19.5 Å². The Labute approximate surface area is 219 Å². The van der Waals surface area contributed by atoms with E-state index in [9.17, 15) is 19.5 Å². The maximum atomic E-state index is 13.9. The van der Waals surface area contributed by atoms with Crippen LogP contribution in [0.2, 0.25) is 0 Å². The van der Waals surface area contributed by atoms with Crippen LogP contribution in [0.4, 0.5) is 0 Å². The fourth-order valence-electron chi connectivity index (χ4n) is 6.48. The van der Waals surface area contributed by atoms with Gasteiger partial charge in [-0.1, -0.05) is 53.0 Å². The van der Waals surface area contributed by atoms with Gasteiger partial charge in [-0.2, -0.15) is 0 Å². The first-order chi connectivity index (χ1) is 17.6. The Morgan fingerprint density at radius 3 is 2.41 bits per heavy atom. The highest BCUT2D eigenvalue weighted by Crippen LogP contribution is 2.43. The molecule has 2 amide bonds. The zero-order chi connectivity index (χ0) is 26.7. The molecule has 37 heavy (non-hydrogen) atoms. The molecule has 3 unspecified atom stereocenters. The van der Waals surface area contributed by atoms with Gasteiger partial charge < -0.3 is 20.6 Å². The second-order valence-corrected chi connectivity index (χ2v) is 12.0. The molecule has 9 heteroatoms. The normalized spacial score (nSPS) is 25.7. The predicted octanol–water partition coefficient (Wildman–Crippen LogP) is 3.23. The Balaban J connectivity index is 1.56. The Morgan fingerprint density at radius 2 is 1.78 bits per heavy atom. The molecule has 202 valence electrons. The van der Waals surface area contributed by atoms with Gasteiger partial charge >= 0.3 is 5.97 Å². The number of aliphatic carboxylic acids is 1. The van der Waals surface area contributed by atoms with Crippen molar-refractivity contribution >= 4 is 23.5 Å². The molecule has 3 aliphatic rings. The first-order valence-corrected chi connectivity index (χ1v) is 13.6. The SMILES string of the molecule is C=C(N[C@H](C(=O)NC(C(=O)N1CC2CCCC2[C@H]1C(=O)O)C(C)(C)C)C1CCCCC1)c1cnccn1. The van der Waals surface area contributed by atoms with Gasteiger partial charge in [-0.3, -0.25) is 19.6 Å². The summed E-state index contributed by atoms with van der Waals surface area (Å²) in [7, 11) is 0. The largest absolute Gasteiger partial charge is 0.480 e. The number of hydrogen-bond donors (Lipinski definition) is 3. The average molecular weight is 512 g/mol. The van der Waals surface area contributed by atoms with Crippen LogP contribution in [0.1, 0.15) is 77.8 Å². The van der Waals surface area contributed by atoms with Crippen LogP contribution in [-0.4, -0.2) is 62.4 Å². The van der Waals surface area contributed by atoms with E-state index < -0.39 is 29.5 Å². The zero-order valence-electron chi connectivity index (χ0n) is 22.3. The van der Waals surface area contributed by atoms with E-state index in [0.717, 1.165) is 51.4 Å². The molecule has 2 heterocycles. The topological polar surface area (TPSA) is 125 Å². The minimum atomic E-state index is -0.955. The number of fused-ring (bicyclic) bond motifs is 1. The molecular formula is C28H41N5O4. The Hall–Kier alpha value is -2.97. The van der Waals surface area contributed by atoms with E-state index in [1.165, 1.54) is 4.90 Å². The first kappa shape index (κ1) is 27.1. The van der Waals surface area contributed by atoms with Crippen molar-refractivity contribution in [2.75, 3.05) is 6.54 Å². The van der Waals surface area contributed by atoms with Crippen molar-refractivity contribution in [3.63, 3.8) is 0 Å². The molecule has 0 spiro atoms. The Kier molecular flexibility index (Phi) is 8.19. The monoisotopic (exact) mass is 511 g/mol. The standard InChI is InChI=1S/C28H41N5O4/c1-17(21-15-29-13-14-30-21)31-22(18-9-6-5-7-10-18)25(34)32-24(28(2,3)4)26(35)33-16-19-11-8-12-20(19)23(33)27(36)37/h13-15,18-20,22-24,31H,1,5-12,16H2,2-4H3,(H,32,34)(H,36,37)/t19?,20?,22-,23-,24?/m0/s1. The molecule has 2 saturated carbocycles. The van der Waals surface area contributed by atoms with Crippen LogP contribution in [0.15, 0.2) is 25.2 Å². The fraction of sp³-hybridized carbons (Fsp3) is 0.679. The van der Waals surface area contributed by atoms with Crippen molar-refractivity contribution in [2.45, 2.75) is 90.3 Å². The van der Waals surface area contributed by atoms with Gasteiger partial charge in [-0.15, -0.1) is 0 Å². The molecule has 4 rings (SSSR count). The van der Waals surface area contributed by atoms with Crippen molar-refractivity contribution in [1.82, 2.24) is 25.5 Å². The highest BCUT2D eigenvalue weighted by atomic mass is 16.4. The fourth-order valence-corrected chi connectivity index (χ4v) is 6.48. The minimum Gasteiger partial charge on any atom is -0.480 e. The van der Waals surface area contributed by atoms with Crippen molar-refractivity contribution in [3.05, 3.63) is 30.9 Å². The van der Waals surface area contributed by atoms with Gasteiger partial charge in [0.15, 0.2) is 0 Å². The number of carboxylic acid groups (broad SMARTS) is 1. The van der Waals surface area contributed by atoms with Gasteiger partial charge in [0.25, 0.3) is 0 Å². The Bertz CT molecular complexity index is 1000. The van der Waals surface area contributed by atoms with Crippen LogP contribution in [0.3, 0.4) is 0 Å². The maximum Gasteiger partial charge on any atom is 0.326 e. The molecule has 0 aromatic carbocycles. The number of nitrogens with zero attached hydrogens (tertiary/aromatic N) is 3. The third kappa shape index (κ3) is 5.96. The van der Waals surface area contributed by atoms with E-state index >= 15 is 0 Å². The smallest absolute Gasteiger partial charge is 0.326 e. The summed E-state index contributed by atoms with van der Waals surface area (Å²) < 4.78 is 0. The number of carbonyl (C=O) groups is 3. The van der Waals surface area contributed by atoms with Gasteiger partial charge in [-0.05, 0) is 48.9 Å². The van der Waals surface area contributed by atoms with E-state index in [2.05, 4.69) is 27.2 Å². The number of aromatic nitrogens is 2. The summed E-state index contributed by atoms with van der Waals surface area (Å²) in [5.41, 5.74) is 0.468. The molecule has 0 radical (unpaired) electrons. The first-order valence-electron chi connectivity index (χ1n) is 13.6. The summed E-state index contributed by atoms with van der Waals surface area (Å²) >= 11 is 0. The van der Waals surface area contributed by atoms with Gasteiger partial charge in [0.2, 0.25) is 11.8 Å². The van der Waals surface area contributed by atoms with Crippen LogP contribution >= 0.6 is 0 Å². The van der Waals surface area contributed by atoms with Crippen molar-refractivity contribution in [1.29, 1.82) is 0 Å². The highest BCUT2D eigenvalue weighted by Gasteiger charge is 2.52. The second kappa shape index (κ2) is 11.2. The van der Waals surface area contributed by atoms with Gasteiger partial charge in [0.05, 0.1) is 11.9 Å². The molecule has 1 saturated heterocycles. The van der Waals surface area contributed by atoms with E-state index in [1.54, 1.807) is 18.6 Å². The molecule has 5 atom stereocenters. The van der Waals surface area contributed by atoms with E-state index in [4.69, 9.17) is 0 Å². The minimum absolute atomic E-state index is 0.00951. The summed E-state index contributed by atoms with van der Waals surface area (Å²) in [4.78, 5) is 49.9. The number of rotatable bonds is 8. The molecule has 1 aromatic rings. The molecule has 9 nitrogen and oxygen atoms in total. The summed E-state index contributed by atoms with van der Waals surface area (Å²) in [6.45, 7) is 10.3. The number of hydrogen-bond acceptors (Lipinski definition) is 6. The number of carbonyl (C=O) groups excluding carboxylic acids is 2. The molecule has 3 N–H and O–H groups in total. The summed E-state index contributed by atoms with van der Waals surface area (Å²) in [5.74, 6) is -1.23. The lowest BCUT2D eigenvalue weighted by atomic mass is 9.82. The average Bonchev–Trinajstić information content (AvgIpc) is 3.47. The van der Waals surface area contributed by atoms with Gasteiger partial charge in [0.1, 0.15) is 23.8 Å². The number of nitrogens with one attached hydrogen (secondary N) is 2. The van der Waals surface area contributed by atoms with E-state index in [0.29, 0.717) is 17.9 Å². The van der Waals surface area contributed by atoms with Crippen LogP contribution in [0.25, 0.3) is 5.70 Å². The molecule has 1 aromatic heterocycles. The summed E-state index contributed by atoms with van der Waals surface area (Å²) in [5, 5.41) is 16.3. The maximum absolute atomic E-state index is 13.9. The van der Waals surface area contributed by atoms with Gasteiger partial charge in [-0.25, -0.2) is 4.79 Å². The number of amides is 2. The highest BCUT2D eigenvalue weighted by molar-refractivity contribution is 5.93. The van der Waals surface area contributed by atoms with E-state index in [-0.39, 0.29) is 29.6 Å². The quantitative estimate of drug-likeness (QED) is 0.489. The molecular weight excluding hydrogens is 470 g/mol. The molecule has 1 aliphatic heterocycles. The van der Waals surface area contributed by atoms with Gasteiger partial charge in [0, 0.05) is 18.9 Å². The van der Waals surface area contributed by atoms with Crippen molar-refractivity contribution in [2.24, 2.45) is 23.2 Å². The summed E-state index contributed by atoms with van der Waals surface area (Å²) in [6, 6.07) is -2.26. The van der Waals surface area contributed by atoms with Crippen LogP contribution in [0, 0.1) is 23.2 Å². The molecule has 0 bridgehead atoms. The number of carboxylic acids is 1. The third-order valence-electron chi connectivity index (χ3n) is 8.43. The van der Waals surface area contributed by atoms with Crippen molar-refractivity contribution in [3.8, 4) is 0 Å². The molecule has 2 aliphatic carbocycles. The third-order valence-corrected chi connectivity index (χ3v) is 8.43. The predicted molar refractivity (Wildman–Crippen MR) is 140 cm³/mol. The van der Waals surface area contributed by atoms with Crippen LogP contribution in [0.5, 0.6) is 0 Å². The zero-order valence-corrected chi connectivity index (χ0v) is 22.3. The lowest BCUT2D eigenvalue weighted by Gasteiger charge is -2.38. The number of likely N-dealkylation sites (tertiary alicyclic amines) is 1. The van der Waals surface area contributed by atoms with Crippen LogP contribution in [-0.2, 0) is 14.4 Å². The summed E-state index contributed by atoms with van der Waals surface area (Å²) in [6.07, 6.45) is 12.6.